The Kier molecular flexibility index (Phi) is 15.5. The summed E-state index contributed by atoms with van der Waals surface area (Å²) in [4.78, 5) is 23.4. The van der Waals surface area contributed by atoms with E-state index in [1.807, 2.05) is 0 Å². The number of unbranched alkanes of at least 4 members (excludes halogenated alkanes) is 13. The number of rotatable bonds is 19. The molecule has 26 heavy (non-hydrogen) atoms. The quantitative estimate of drug-likeness (QED) is 0.193. The van der Waals surface area contributed by atoms with E-state index in [4.69, 9.17) is 0 Å². The second-order valence-electron chi connectivity index (χ2n) is 7.79. The zero-order valence-electron chi connectivity index (χ0n) is 17.2. The molecule has 0 aliphatic carbocycles. The average molecular weight is 371 g/mol. The highest BCUT2D eigenvalue weighted by molar-refractivity contribution is 5.98. The molecule has 154 valence electrons. The van der Waals surface area contributed by atoms with Crippen molar-refractivity contribution in [2.24, 2.45) is 5.41 Å². The third kappa shape index (κ3) is 10.8. The highest BCUT2D eigenvalue weighted by Gasteiger charge is 2.45. The Hall–Kier alpha value is -1.06. The second-order valence-corrected chi connectivity index (χ2v) is 7.79. The summed E-state index contributed by atoms with van der Waals surface area (Å²) in [5.74, 6) is -2.31. The molecule has 0 spiro atoms. The van der Waals surface area contributed by atoms with Gasteiger partial charge >= 0.3 is 11.9 Å². The van der Waals surface area contributed by atoms with Gasteiger partial charge in [0.05, 0.1) is 0 Å². The van der Waals surface area contributed by atoms with E-state index in [-0.39, 0.29) is 12.8 Å². The van der Waals surface area contributed by atoms with Crippen LogP contribution in [0.3, 0.4) is 0 Å². The van der Waals surface area contributed by atoms with Crippen LogP contribution in [0.15, 0.2) is 0 Å². The Morgan fingerprint density at radius 1 is 0.538 bits per heavy atom. The fourth-order valence-corrected chi connectivity index (χ4v) is 3.59. The monoisotopic (exact) mass is 370 g/mol. The first-order valence-corrected chi connectivity index (χ1v) is 11.0. The van der Waals surface area contributed by atoms with Crippen molar-refractivity contribution in [1.29, 1.82) is 0 Å². The standard InChI is InChI=1S/C22H42O4/c1-3-5-7-9-11-12-13-15-17-19-22(20(23)24,21(25)26)18-16-14-10-8-6-4-2/h3-19H2,1-2H3,(H,23,24)(H,25,26). The molecule has 0 saturated heterocycles. The van der Waals surface area contributed by atoms with E-state index in [9.17, 15) is 19.8 Å². The van der Waals surface area contributed by atoms with Crippen LogP contribution in [0, 0.1) is 5.41 Å². The van der Waals surface area contributed by atoms with Crippen molar-refractivity contribution in [3.05, 3.63) is 0 Å². The highest BCUT2D eigenvalue weighted by Crippen LogP contribution is 2.33. The highest BCUT2D eigenvalue weighted by atomic mass is 16.4. The van der Waals surface area contributed by atoms with E-state index in [2.05, 4.69) is 13.8 Å². The van der Waals surface area contributed by atoms with E-state index < -0.39 is 17.4 Å². The largest absolute Gasteiger partial charge is 0.480 e. The smallest absolute Gasteiger partial charge is 0.321 e. The zero-order valence-corrected chi connectivity index (χ0v) is 17.2. The molecule has 0 aliphatic rings. The Morgan fingerprint density at radius 2 is 0.808 bits per heavy atom. The first-order valence-electron chi connectivity index (χ1n) is 11.0. The van der Waals surface area contributed by atoms with Crippen molar-refractivity contribution >= 4 is 11.9 Å². The van der Waals surface area contributed by atoms with Gasteiger partial charge in [0.1, 0.15) is 0 Å². The van der Waals surface area contributed by atoms with Crippen LogP contribution in [0.4, 0.5) is 0 Å². The van der Waals surface area contributed by atoms with Gasteiger partial charge in [-0.25, -0.2) is 0 Å². The van der Waals surface area contributed by atoms with Crippen molar-refractivity contribution < 1.29 is 19.8 Å². The molecule has 0 aromatic rings. The van der Waals surface area contributed by atoms with Crippen LogP contribution >= 0.6 is 0 Å². The molecule has 0 saturated carbocycles. The van der Waals surface area contributed by atoms with Crippen LogP contribution < -0.4 is 0 Å². The first-order chi connectivity index (χ1) is 12.5. The fraction of sp³-hybridized carbons (Fsp3) is 0.909. The van der Waals surface area contributed by atoms with Crippen molar-refractivity contribution in [2.45, 2.75) is 123 Å². The lowest BCUT2D eigenvalue weighted by atomic mass is 9.78. The summed E-state index contributed by atoms with van der Waals surface area (Å²) >= 11 is 0. The van der Waals surface area contributed by atoms with Crippen LogP contribution in [0.25, 0.3) is 0 Å². The van der Waals surface area contributed by atoms with Crippen LogP contribution in [-0.2, 0) is 9.59 Å². The van der Waals surface area contributed by atoms with Crippen molar-refractivity contribution in [3.8, 4) is 0 Å². The van der Waals surface area contributed by atoms with E-state index in [0.717, 1.165) is 32.1 Å². The van der Waals surface area contributed by atoms with E-state index in [1.54, 1.807) is 0 Å². The maximum Gasteiger partial charge on any atom is 0.321 e. The van der Waals surface area contributed by atoms with Gasteiger partial charge in [0.25, 0.3) is 0 Å². The lowest BCUT2D eigenvalue weighted by Gasteiger charge is -2.25. The van der Waals surface area contributed by atoms with E-state index in [1.165, 1.54) is 51.4 Å². The molecule has 0 rings (SSSR count). The van der Waals surface area contributed by atoms with Gasteiger partial charge in [-0.15, -0.1) is 0 Å². The molecular weight excluding hydrogens is 328 g/mol. The Morgan fingerprint density at radius 3 is 1.08 bits per heavy atom. The molecule has 4 heteroatoms. The summed E-state index contributed by atoms with van der Waals surface area (Å²) in [5, 5.41) is 19.2. The van der Waals surface area contributed by atoms with Crippen LogP contribution in [0.1, 0.15) is 123 Å². The first kappa shape index (κ1) is 24.9. The summed E-state index contributed by atoms with van der Waals surface area (Å²) in [7, 11) is 0. The maximum absolute atomic E-state index is 11.7. The predicted molar refractivity (Wildman–Crippen MR) is 108 cm³/mol. The van der Waals surface area contributed by atoms with Gasteiger partial charge in [-0.05, 0) is 12.8 Å². The Bertz CT molecular complexity index is 351. The fourth-order valence-electron chi connectivity index (χ4n) is 3.59. The normalized spacial score (nSPS) is 11.6. The number of carboxylic acids is 2. The number of carbonyl (C=O) groups is 2. The maximum atomic E-state index is 11.7. The Labute approximate surface area is 160 Å². The predicted octanol–water partition coefficient (Wildman–Crippen LogP) is 6.81. The summed E-state index contributed by atoms with van der Waals surface area (Å²) < 4.78 is 0. The van der Waals surface area contributed by atoms with Gasteiger partial charge < -0.3 is 10.2 Å². The van der Waals surface area contributed by atoms with Gasteiger partial charge in [-0.3, -0.25) is 9.59 Å². The number of hydrogen-bond acceptors (Lipinski definition) is 2. The molecule has 0 aromatic carbocycles. The summed E-state index contributed by atoms with van der Waals surface area (Å²) in [6.07, 6.45) is 17.0. The third-order valence-electron chi connectivity index (χ3n) is 5.48. The molecule has 0 radical (unpaired) electrons. The molecule has 0 atom stereocenters. The van der Waals surface area contributed by atoms with Gasteiger partial charge in [0.15, 0.2) is 5.41 Å². The Balaban J connectivity index is 4.14. The van der Waals surface area contributed by atoms with Crippen LogP contribution in [-0.4, -0.2) is 22.2 Å². The minimum atomic E-state index is -1.58. The van der Waals surface area contributed by atoms with Gasteiger partial charge in [0.2, 0.25) is 0 Å². The minimum Gasteiger partial charge on any atom is -0.480 e. The van der Waals surface area contributed by atoms with Crippen molar-refractivity contribution in [2.75, 3.05) is 0 Å². The van der Waals surface area contributed by atoms with E-state index in [0.29, 0.717) is 12.8 Å². The molecule has 4 nitrogen and oxygen atoms in total. The molecule has 0 aromatic heterocycles. The summed E-state index contributed by atoms with van der Waals surface area (Å²) in [5.41, 5.74) is -1.58. The molecular formula is C22H42O4. The number of carboxylic acid groups (broad SMARTS) is 2. The number of hydrogen-bond donors (Lipinski definition) is 2. The third-order valence-corrected chi connectivity index (χ3v) is 5.48. The topological polar surface area (TPSA) is 74.6 Å². The van der Waals surface area contributed by atoms with E-state index >= 15 is 0 Å². The van der Waals surface area contributed by atoms with Crippen molar-refractivity contribution in [3.63, 3.8) is 0 Å². The lowest BCUT2D eigenvalue weighted by molar-refractivity contribution is -0.166. The molecule has 0 fully saturated rings. The second kappa shape index (κ2) is 16.1. The molecule has 0 bridgehead atoms. The lowest BCUT2D eigenvalue weighted by Crippen LogP contribution is -2.39. The number of aliphatic carboxylic acids is 2. The average Bonchev–Trinajstić information content (AvgIpc) is 2.60. The molecule has 0 unspecified atom stereocenters. The molecule has 2 N–H and O–H groups in total. The SMILES string of the molecule is CCCCCCCCCCCC(CCCCCCCC)(C(=O)O)C(=O)O. The molecule has 0 amide bonds. The van der Waals surface area contributed by atoms with Gasteiger partial charge in [-0.2, -0.15) is 0 Å². The minimum absolute atomic E-state index is 0.265. The zero-order chi connectivity index (χ0) is 19.7. The van der Waals surface area contributed by atoms with Crippen molar-refractivity contribution in [1.82, 2.24) is 0 Å². The van der Waals surface area contributed by atoms with Gasteiger partial charge in [0, 0.05) is 0 Å². The molecule has 0 heterocycles. The van der Waals surface area contributed by atoms with Crippen LogP contribution in [0.5, 0.6) is 0 Å². The van der Waals surface area contributed by atoms with Gasteiger partial charge in [-0.1, -0.05) is 110 Å². The summed E-state index contributed by atoms with van der Waals surface area (Å²) in [6.45, 7) is 4.37. The molecule has 0 aliphatic heterocycles. The summed E-state index contributed by atoms with van der Waals surface area (Å²) in [6, 6.07) is 0. The van der Waals surface area contributed by atoms with Crippen LogP contribution in [0.2, 0.25) is 0 Å².